The predicted octanol–water partition coefficient (Wildman–Crippen LogP) is 7.41. The Labute approximate surface area is 231 Å². The lowest BCUT2D eigenvalue weighted by atomic mass is 9.82. The van der Waals surface area contributed by atoms with Gasteiger partial charge in [-0.05, 0) is 66.8 Å². The van der Waals surface area contributed by atoms with E-state index in [0.717, 1.165) is 40.4 Å². The molecule has 4 nitrogen and oxygen atoms in total. The lowest BCUT2D eigenvalue weighted by Crippen LogP contribution is -2.38. The van der Waals surface area contributed by atoms with E-state index in [0.29, 0.717) is 5.92 Å². The average Bonchev–Trinajstić information content (AvgIpc) is 3.36. The van der Waals surface area contributed by atoms with E-state index in [1.54, 1.807) is 12.3 Å². The summed E-state index contributed by atoms with van der Waals surface area (Å²) in [6, 6.07) is 16.9. The fourth-order valence-corrected chi connectivity index (χ4v) is 5.53. The van der Waals surface area contributed by atoms with Crippen molar-refractivity contribution in [2.24, 2.45) is 20.9 Å². The van der Waals surface area contributed by atoms with E-state index < -0.39 is 0 Å². The molecule has 2 aromatic carbocycles. The Morgan fingerprint density at radius 3 is 2.56 bits per heavy atom. The van der Waals surface area contributed by atoms with Crippen LogP contribution < -0.4 is 5.32 Å². The monoisotopic (exact) mass is 510 g/mol. The summed E-state index contributed by atoms with van der Waals surface area (Å²) >= 11 is 0. The van der Waals surface area contributed by atoms with Crippen molar-refractivity contribution >= 4 is 18.4 Å². The van der Waals surface area contributed by atoms with Crippen LogP contribution in [-0.2, 0) is 6.42 Å². The standard InChI is InChI=1S/C35H34N4/c1-5-8-13-25(7-3)33-37-34(26-14-10-9-11-15-26)39-35(38-33)30-17-12-16-29-22-28-19-18-27(23-31(28)32(29)30)24(6-2)20-21-36-4/h5-21,23,28,31,33H,1,4,22H2,2-3H3,(H,37,38,39)/b13-8-,21-20-,24-6+,25-7+. The van der Waals surface area contributed by atoms with Crippen LogP contribution in [0.5, 0.6) is 0 Å². The SMILES string of the molecule is C=C/C=C\C(=C/C)C1N=C(c2ccccc2)NC(c2cccc3c2C2C=C(C(/C=C\N=C)=C/C)C=CC2C3)=N1. The van der Waals surface area contributed by atoms with Crippen LogP contribution in [0.25, 0.3) is 0 Å². The molecule has 0 fully saturated rings. The zero-order chi connectivity index (χ0) is 27.2. The molecule has 1 N–H and O–H groups in total. The van der Waals surface area contributed by atoms with E-state index in [1.165, 1.54) is 16.7 Å². The number of nitrogens with one attached hydrogen (secondary N) is 1. The second-order valence-electron chi connectivity index (χ2n) is 9.70. The van der Waals surface area contributed by atoms with Gasteiger partial charge in [0.05, 0.1) is 0 Å². The van der Waals surface area contributed by atoms with E-state index in [-0.39, 0.29) is 12.1 Å². The molecule has 0 saturated carbocycles. The maximum atomic E-state index is 5.16. The third kappa shape index (κ3) is 5.37. The van der Waals surface area contributed by atoms with E-state index >= 15 is 0 Å². The summed E-state index contributed by atoms with van der Waals surface area (Å²) in [6.07, 6.45) is 21.4. The Morgan fingerprint density at radius 1 is 1.00 bits per heavy atom. The topological polar surface area (TPSA) is 49.1 Å². The maximum absolute atomic E-state index is 5.16. The van der Waals surface area contributed by atoms with E-state index in [2.05, 4.69) is 91.2 Å². The zero-order valence-electron chi connectivity index (χ0n) is 22.6. The highest BCUT2D eigenvalue weighted by Gasteiger charge is 2.35. The molecule has 5 rings (SSSR count). The van der Waals surface area contributed by atoms with Gasteiger partial charge in [0.15, 0.2) is 6.17 Å². The quantitative estimate of drug-likeness (QED) is 0.292. The van der Waals surface area contributed by atoms with Crippen molar-refractivity contribution < 1.29 is 0 Å². The first-order chi connectivity index (χ1) is 19.2. The van der Waals surface area contributed by atoms with Gasteiger partial charge >= 0.3 is 0 Å². The molecule has 4 heteroatoms. The van der Waals surface area contributed by atoms with Crippen molar-refractivity contribution in [3.8, 4) is 0 Å². The molecule has 0 spiro atoms. The molecule has 0 radical (unpaired) electrons. The van der Waals surface area contributed by atoms with Gasteiger partial charge in [-0.15, -0.1) is 0 Å². The van der Waals surface area contributed by atoms with Crippen LogP contribution in [0.3, 0.4) is 0 Å². The molecule has 194 valence electrons. The van der Waals surface area contributed by atoms with Gasteiger partial charge in [-0.25, -0.2) is 9.98 Å². The third-order valence-corrected chi connectivity index (χ3v) is 7.43. The summed E-state index contributed by atoms with van der Waals surface area (Å²) in [7, 11) is 0. The Bertz CT molecular complexity index is 1510. The molecule has 2 aromatic rings. The number of hydrogen-bond acceptors (Lipinski definition) is 4. The number of nitrogens with zero attached hydrogens (tertiary/aromatic N) is 3. The smallest absolute Gasteiger partial charge is 0.169 e. The van der Waals surface area contributed by atoms with Crippen LogP contribution in [0.1, 0.15) is 42.0 Å². The molecule has 0 bridgehead atoms. The lowest BCUT2D eigenvalue weighted by molar-refractivity contribution is 0.626. The molecular formula is C35H34N4. The highest BCUT2D eigenvalue weighted by Crippen LogP contribution is 2.45. The number of fused-ring (bicyclic) bond motifs is 3. The normalized spacial score (nSPS) is 22.6. The molecule has 1 heterocycles. The van der Waals surface area contributed by atoms with Crippen molar-refractivity contribution in [3.63, 3.8) is 0 Å². The summed E-state index contributed by atoms with van der Waals surface area (Å²) in [5.74, 6) is 2.36. The van der Waals surface area contributed by atoms with Crippen molar-refractivity contribution in [2.75, 3.05) is 0 Å². The third-order valence-electron chi connectivity index (χ3n) is 7.43. The fourth-order valence-electron chi connectivity index (χ4n) is 5.53. The Balaban J connectivity index is 1.60. The first-order valence-corrected chi connectivity index (χ1v) is 13.4. The Hall–Kier alpha value is -4.57. The lowest BCUT2D eigenvalue weighted by Gasteiger charge is -2.26. The van der Waals surface area contributed by atoms with Gasteiger partial charge in [-0.3, -0.25) is 4.99 Å². The van der Waals surface area contributed by atoms with E-state index in [1.807, 2.05) is 43.4 Å². The van der Waals surface area contributed by atoms with E-state index in [9.17, 15) is 0 Å². The molecule has 2 aliphatic carbocycles. The van der Waals surface area contributed by atoms with Crippen LogP contribution in [0.15, 0.2) is 148 Å². The molecule has 0 aromatic heterocycles. The molecule has 0 saturated heterocycles. The van der Waals surface area contributed by atoms with Crippen LogP contribution in [0, 0.1) is 5.92 Å². The van der Waals surface area contributed by atoms with Gasteiger partial charge in [0.1, 0.15) is 11.7 Å². The van der Waals surface area contributed by atoms with Gasteiger partial charge in [0, 0.05) is 23.2 Å². The van der Waals surface area contributed by atoms with Crippen LogP contribution in [-0.4, -0.2) is 24.6 Å². The van der Waals surface area contributed by atoms with Crippen molar-refractivity contribution in [1.29, 1.82) is 0 Å². The van der Waals surface area contributed by atoms with E-state index in [4.69, 9.17) is 9.98 Å². The number of allylic oxidation sites excluding steroid dienone is 10. The van der Waals surface area contributed by atoms with Crippen molar-refractivity contribution in [2.45, 2.75) is 32.4 Å². The molecule has 1 aliphatic heterocycles. The van der Waals surface area contributed by atoms with Gasteiger partial charge in [-0.1, -0.05) is 104 Å². The van der Waals surface area contributed by atoms with Gasteiger partial charge in [0.25, 0.3) is 0 Å². The van der Waals surface area contributed by atoms with Gasteiger partial charge in [0.2, 0.25) is 0 Å². The molecule has 3 atom stereocenters. The van der Waals surface area contributed by atoms with Crippen molar-refractivity contribution in [3.05, 3.63) is 155 Å². The maximum Gasteiger partial charge on any atom is 0.169 e. The molecule has 39 heavy (non-hydrogen) atoms. The van der Waals surface area contributed by atoms with Gasteiger partial charge < -0.3 is 5.32 Å². The summed E-state index contributed by atoms with van der Waals surface area (Å²) in [5.41, 5.74) is 8.25. The first kappa shape index (κ1) is 26.1. The summed E-state index contributed by atoms with van der Waals surface area (Å²) < 4.78 is 0. The zero-order valence-corrected chi connectivity index (χ0v) is 22.6. The summed E-state index contributed by atoms with van der Waals surface area (Å²) in [5, 5.41) is 3.60. The number of hydrogen-bond donors (Lipinski definition) is 1. The number of benzene rings is 2. The predicted molar refractivity (Wildman–Crippen MR) is 166 cm³/mol. The largest absolute Gasteiger partial charge is 0.324 e. The fraction of sp³-hybridized carbons (Fsp3) is 0.171. The average molecular weight is 511 g/mol. The molecule has 3 aliphatic rings. The minimum atomic E-state index is -0.353. The Kier molecular flexibility index (Phi) is 7.93. The van der Waals surface area contributed by atoms with Crippen molar-refractivity contribution in [1.82, 2.24) is 5.32 Å². The Morgan fingerprint density at radius 2 is 1.82 bits per heavy atom. The highest BCUT2D eigenvalue weighted by molar-refractivity contribution is 6.16. The molecular weight excluding hydrogens is 476 g/mol. The van der Waals surface area contributed by atoms with Crippen LogP contribution in [0.2, 0.25) is 0 Å². The minimum Gasteiger partial charge on any atom is -0.324 e. The number of aliphatic imine (C=N–C) groups is 3. The highest BCUT2D eigenvalue weighted by atomic mass is 15.2. The minimum absolute atomic E-state index is 0.264. The van der Waals surface area contributed by atoms with Gasteiger partial charge in [-0.2, -0.15) is 0 Å². The van der Waals surface area contributed by atoms with Crippen LogP contribution in [0.4, 0.5) is 0 Å². The summed E-state index contributed by atoms with van der Waals surface area (Å²) in [4.78, 5) is 14.1. The molecule has 0 amide bonds. The second-order valence-corrected chi connectivity index (χ2v) is 9.70. The van der Waals surface area contributed by atoms with Crippen LogP contribution >= 0.6 is 0 Å². The first-order valence-electron chi connectivity index (χ1n) is 13.4. The summed E-state index contributed by atoms with van der Waals surface area (Å²) in [6.45, 7) is 11.5. The molecule has 3 unspecified atom stereocenters. The number of rotatable bonds is 8. The number of amidine groups is 2. The second kappa shape index (κ2) is 11.9.